The fraction of sp³-hybridized carbons (Fsp3) is 0.647. The van der Waals surface area contributed by atoms with Gasteiger partial charge in [0.2, 0.25) is 0 Å². The molecule has 0 aliphatic carbocycles. The third-order valence-electron chi connectivity index (χ3n) is 2.84. The van der Waals surface area contributed by atoms with Gasteiger partial charge in [-0.25, -0.2) is 0 Å². The Morgan fingerprint density at radius 1 is 1.14 bits per heavy atom. The molecule has 0 fully saturated rings. The van der Waals surface area contributed by atoms with E-state index < -0.39 is 6.10 Å². The minimum Gasteiger partial charge on any atom is -0.491 e. The van der Waals surface area contributed by atoms with Crippen LogP contribution in [0.15, 0.2) is 24.3 Å². The molecule has 21 heavy (non-hydrogen) atoms. The lowest BCUT2D eigenvalue weighted by atomic mass is 10.2. The van der Waals surface area contributed by atoms with Crippen molar-refractivity contribution in [2.75, 3.05) is 19.8 Å². The normalized spacial score (nSPS) is 12.9. The van der Waals surface area contributed by atoms with Crippen molar-refractivity contribution < 1.29 is 14.6 Å². The zero-order valence-corrected chi connectivity index (χ0v) is 13.6. The number of hydrogen-bond donors (Lipinski definition) is 2. The Labute approximate surface area is 128 Å². The lowest BCUT2D eigenvalue weighted by molar-refractivity contribution is -0.0122. The Bertz CT molecular complexity index is 393. The van der Waals surface area contributed by atoms with Crippen LogP contribution in [-0.2, 0) is 11.3 Å². The van der Waals surface area contributed by atoms with Gasteiger partial charge in [0.1, 0.15) is 18.5 Å². The fourth-order valence-electron chi connectivity index (χ4n) is 1.79. The van der Waals surface area contributed by atoms with Gasteiger partial charge < -0.3 is 19.9 Å². The van der Waals surface area contributed by atoms with E-state index in [9.17, 15) is 5.11 Å². The van der Waals surface area contributed by atoms with Crippen LogP contribution in [0.4, 0.5) is 0 Å². The molecule has 0 saturated carbocycles. The van der Waals surface area contributed by atoms with Gasteiger partial charge in [-0.15, -0.1) is 0 Å². The summed E-state index contributed by atoms with van der Waals surface area (Å²) in [7, 11) is 0. The molecule has 4 heteroatoms. The first kappa shape index (κ1) is 18.0. The molecule has 120 valence electrons. The number of ether oxygens (including phenoxy) is 2. The van der Waals surface area contributed by atoms with Crippen molar-refractivity contribution in [3.05, 3.63) is 29.8 Å². The summed E-state index contributed by atoms with van der Waals surface area (Å²) in [6.07, 6.45) is -0.481. The smallest absolute Gasteiger partial charge is 0.119 e. The predicted octanol–water partition coefficient (Wildman–Crippen LogP) is 2.60. The van der Waals surface area contributed by atoms with Gasteiger partial charge in [-0.05, 0) is 44.0 Å². The zero-order chi connectivity index (χ0) is 15.7. The topological polar surface area (TPSA) is 50.7 Å². The molecule has 1 aromatic carbocycles. The second-order valence-corrected chi connectivity index (χ2v) is 6.02. The highest BCUT2D eigenvalue weighted by atomic mass is 16.5. The van der Waals surface area contributed by atoms with Gasteiger partial charge in [0, 0.05) is 6.54 Å². The van der Waals surface area contributed by atoms with Crippen molar-refractivity contribution in [3.8, 4) is 5.75 Å². The maximum atomic E-state index is 9.77. The van der Waals surface area contributed by atoms with Crippen LogP contribution in [0.2, 0.25) is 0 Å². The number of aliphatic hydroxyl groups excluding tert-OH is 1. The van der Waals surface area contributed by atoms with E-state index in [0.29, 0.717) is 12.5 Å². The maximum absolute atomic E-state index is 9.77. The highest BCUT2D eigenvalue weighted by Crippen LogP contribution is 2.13. The van der Waals surface area contributed by atoms with E-state index in [1.165, 1.54) is 5.56 Å². The lowest BCUT2D eigenvalue weighted by Gasteiger charge is -2.15. The van der Waals surface area contributed by atoms with Crippen LogP contribution in [0.25, 0.3) is 0 Å². The molecular weight excluding hydrogens is 266 g/mol. The summed E-state index contributed by atoms with van der Waals surface area (Å²) in [4.78, 5) is 0. The van der Waals surface area contributed by atoms with E-state index in [0.717, 1.165) is 18.8 Å². The van der Waals surface area contributed by atoms with Crippen molar-refractivity contribution in [1.29, 1.82) is 0 Å². The molecule has 0 radical (unpaired) electrons. The minimum atomic E-state index is -0.602. The van der Waals surface area contributed by atoms with Crippen LogP contribution >= 0.6 is 0 Å². The summed E-state index contributed by atoms with van der Waals surface area (Å²) in [6, 6.07) is 7.95. The van der Waals surface area contributed by atoms with Crippen molar-refractivity contribution in [3.63, 3.8) is 0 Å². The molecule has 0 heterocycles. The van der Waals surface area contributed by atoms with E-state index in [2.05, 4.69) is 25.2 Å². The highest BCUT2D eigenvalue weighted by Gasteiger charge is 2.07. The first-order valence-corrected chi connectivity index (χ1v) is 7.69. The number of nitrogens with one attached hydrogen (secondary N) is 1. The molecule has 1 rings (SSSR count). The van der Waals surface area contributed by atoms with Crippen molar-refractivity contribution >= 4 is 0 Å². The number of hydrogen-bond acceptors (Lipinski definition) is 4. The number of rotatable bonds is 10. The van der Waals surface area contributed by atoms with Crippen LogP contribution in [0.5, 0.6) is 5.75 Å². The van der Waals surface area contributed by atoms with Gasteiger partial charge in [-0.2, -0.15) is 0 Å². The van der Waals surface area contributed by atoms with E-state index in [-0.39, 0.29) is 12.7 Å². The molecule has 0 spiro atoms. The molecule has 1 atom stereocenters. The largest absolute Gasteiger partial charge is 0.491 e. The molecule has 1 aromatic rings. The van der Waals surface area contributed by atoms with Crippen LogP contribution in [0, 0.1) is 5.92 Å². The van der Waals surface area contributed by atoms with Gasteiger partial charge in [0.05, 0.1) is 12.7 Å². The van der Waals surface area contributed by atoms with Gasteiger partial charge in [-0.1, -0.05) is 26.0 Å². The molecule has 0 saturated heterocycles. The summed E-state index contributed by atoms with van der Waals surface area (Å²) in [6.45, 7) is 10.6. The molecule has 1 unspecified atom stereocenters. The third-order valence-corrected chi connectivity index (χ3v) is 2.84. The molecule has 0 bridgehead atoms. The quantitative estimate of drug-likeness (QED) is 0.696. The van der Waals surface area contributed by atoms with Crippen molar-refractivity contribution in [2.45, 2.75) is 46.4 Å². The van der Waals surface area contributed by atoms with Crippen LogP contribution in [-0.4, -0.2) is 37.1 Å². The predicted molar refractivity (Wildman–Crippen MR) is 85.6 cm³/mol. The fourth-order valence-corrected chi connectivity index (χ4v) is 1.79. The summed E-state index contributed by atoms with van der Waals surface area (Å²) < 4.78 is 11.0. The molecule has 4 nitrogen and oxygen atoms in total. The molecule has 0 aliphatic heterocycles. The minimum absolute atomic E-state index is 0.120. The van der Waals surface area contributed by atoms with Crippen LogP contribution in [0.3, 0.4) is 0 Å². The van der Waals surface area contributed by atoms with E-state index in [1.54, 1.807) is 0 Å². The monoisotopic (exact) mass is 295 g/mol. The summed E-state index contributed by atoms with van der Waals surface area (Å²) in [5, 5.41) is 13.2. The molecule has 0 aromatic heterocycles. The van der Waals surface area contributed by atoms with Gasteiger partial charge in [0.15, 0.2) is 0 Å². The van der Waals surface area contributed by atoms with Crippen LogP contribution in [0.1, 0.15) is 33.3 Å². The Balaban J connectivity index is 2.34. The van der Waals surface area contributed by atoms with Crippen molar-refractivity contribution in [2.24, 2.45) is 5.92 Å². The maximum Gasteiger partial charge on any atom is 0.119 e. The van der Waals surface area contributed by atoms with Crippen molar-refractivity contribution in [1.82, 2.24) is 5.32 Å². The highest BCUT2D eigenvalue weighted by molar-refractivity contribution is 5.28. The second kappa shape index (κ2) is 9.77. The van der Waals surface area contributed by atoms with Gasteiger partial charge in [-0.3, -0.25) is 0 Å². The Morgan fingerprint density at radius 3 is 2.57 bits per heavy atom. The summed E-state index contributed by atoms with van der Waals surface area (Å²) >= 11 is 0. The third kappa shape index (κ3) is 8.71. The summed E-state index contributed by atoms with van der Waals surface area (Å²) in [5.41, 5.74) is 1.18. The Morgan fingerprint density at radius 2 is 1.90 bits per heavy atom. The van der Waals surface area contributed by atoms with Gasteiger partial charge in [0.25, 0.3) is 0 Å². The van der Waals surface area contributed by atoms with E-state index >= 15 is 0 Å². The first-order valence-electron chi connectivity index (χ1n) is 7.69. The number of benzene rings is 1. The molecule has 0 amide bonds. The lowest BCUT2D eigenvalue weighted by Crippen LogP contribution is -2.25. The molecular formula is C17H29NO3. The molecule has 0 aliphatic rings. The molecule has 2 N–H and O–H groups in total. The average Bonchev–Trinajstić information content (AvgIpc) is 2.43. The Kier molecular flexibility index (Phi) is 8.35. The summed E-state index contributed by atoms with van der Waals surface area (Å²) in [5.74, 6) is 1.42. The van der Waals surface area contributed by atoms with E-state index in [1.807, 2.05) is 32.0 Å². The number of aliphatic hydroxyl groups is 1. The van der Waals surface area contributed by atoms with Gasteiger partial charge >= 0.3 is 0 Å². The second-order valence-electron chi connectivity index (χ2n) is 6.02. The first-order chi connectivity index (χ1) is 9.97. The average molecular weight is 295 g/mol. The Hall–Kier alpha value is -1.10. The SMILES string of the molecule is CC(C)CNCc1cccc(OCC(O)COC(C)C)c1. The zero-order valence-electron chi connectivity index (χ0n) is 13.6. The standard InChI is InChI=1S/C17H29NO3/c1-13(2)9-18-10-15-6-5-7-17(8-15)21-12-16(19)11-20-14(3)4/h5-8,13-14,16,18-19H,9-12H2,1-4H3. The van der Waals surface area contributed by atoms with Crippen LogP contribution < -0.4 is 10.1 Å². The van der Waals surface area contributed by atoms with E-state index in [4.69, 9.17) is 9.47 Å².